The first-order valence-corrected chi connectivity index (χ1v) is 10.7. The summed E-state index contributed by atoms with van der Waals surface area (Å²) in [7, 11) is 1.71. The van der Waals surface area contributed by atoms with E-state index in [0.29, 0.717) is 17.1 Å². The SMILES string of the molecule is CCc1ccc(CN(C)C(=O)COC(=O)c2sc(-c3cccs3)nc2C)cc1. The average molecular weight is 415 g/mol. The molecule has 0 radical (unpaired) electrons. The molecule has 0 spiro atoms. The lowest BCUT2D eigenvalue weighted by molar-refractivity contribution is -0.133. The van der Waals surface area contributed by atoms with Crippen molar-refractivity contribution in [1.29, 1.82) is 0 Å². The number of nitrogens with zero attached hydrogens (tertiary/aromatic N) is 2. The average Bonchev–Trinajstić information content (AvgIpc) is 3.36. The molecule has 2 aromatic heterocycles. The van der Waals surface area contributed by atoms with Gasteiger partial charge in [0.1, 0.15) is 9.88 Å². The Morgan fingerprint density at radius 3 is 2.50 bits per heavy atom. The molecule has 5 nitrogen and oxygen atoms in total. The van der Waals surface area contributed by atoms with Crippen LogP contribution in [-0.4, -0.2) is 35.4 Å². The van der Waals surface area contributed by atoms with Gasteiger partial charge in [0.25, 0.3) is 5.91 Å². The Morgan fingerprint density at radius 1 is 1.14 bits per heavy atom. The number of carbonyl (C=O) groups is 2. The summed E-state index contributed by atoms with van der Waals surface area (Å²) < 4.78 is 5.24. The zero-order chi connectivity index (χ0) is 20.1. The van der Waals surface area contributed by atoms with Crippen LogP contribution in [0, 0.1) is 6.92 Å². The molecule has 146 valence electrons. The standard InChI is InChI=1S/C21H22N2O3S2/c1-4-15-7-9-16(10-8-15)12-23(3)18(24)13-26-21(25)19-14(2)22-20(28-19)17-6-5-11-27-17/h5-11H,4,12-13H2,1-3H3. The van der Waals surface area contributed by atoms with E-state index in [-0.39, 0.29) is 12.5 Å². The number of ether oxygens (including phenoxy) is 1. The van der Waals surface area contributed by atoms with Crippen LogP contribution >= 0.6 is 22.7 Å². The van der Waals surface area contributed by atoms with Crippen LogP contribution in [0.3, 0.4) is 0 Å². The van der Waals surface area contributed by atoms with Gasteiger partial charge in [0.2, 0.25) is 0 Å². The van der Waals surface area contributed by atoms with Crippen molar-refractivity contribution in [2.75, 3.05) is 13.7 Å². The summed E-state index contributed by atoms with van der Waals surface area (Å²) >= 11 is 2.86. The van der Waals surface area contributed by atoms with E-state index in [2.05, 4.69) is 24.0 Å². The molecule has 0 aliphatic rings. The van der Waals surface area contributed by atoms with Crippen molar-refractivity contribution in [3.05, 3.63) is 63.5 Å². The van der Waals surface area contributed by atoms with E-state index in [1.54, 1.807) is 30.2 Å². The Bertz CT molecular complexity index is 947. The van der Waals surface area contributed by atoms with Crippen LogP contribution < -0.4 is 0 Å². The minimum absolute atomic E-state index is 0.242. The second kappa shape index (κ2) is 9.12. The molecule has 0 N–H and O–H groups in total. The smallest absolute Gasteiger partial charge is 0.350 e. The summed E-state index contributed by atoms with van der Waals surface area (Å²) in [5.41, 5.74) is 2.92. The molecule has 3 aromatic rings. The first-order chi connectivity index (χ1) is 13.5. The maximum atomic E-state index is 12.4. The third-order valence-electron chi connectivity index (χ3n) is 4.32. The second-order valence-electron chi connectivity index (χ2n) is 6.41. The fraction of sp³-hybridized carbons (Fsp3) is 0.286. The number of benzene rings is 1. The number of thiophene rings is 1. The molecule has 3 rings (SSSR count). The van der Waals surface area contributed by atoms with Crippen LogP contribution in [0.15, 0.2) is 41.8 Å². The molecule has 1 amide bonds. The summed E-state index contributed by atoms with van der Waals surface area (Å²) in [5, 5.41) is 2.76. The van der Waals surface area contributed by atoms with Crippen molar-refractivity contribution in [1.82, 2.24) is 9.88 Å². The number of aryl methyl sites for hydroxylation is 2. The molecule has 0 bridgehead atoms. The Labute approximate surface area is 172 Å². The number of thiazole rings is 1. The molecule has 1 aromatic carbocycles. The second-order valence-corrected chi connectivity index (χ2v) is 8.35. The maximum Gasteiger partial charge on any atom is 0.350 e. The third-order valence-corrected chi connectivity index (χ3v) is 6.49. The lowest BCUT2D eigenvalue weighted by Gasteiger charge is -2.17. The fourth-order valence-electron chi connectivity index (χ4n) is 2.64. The number of likely N-dealkylation sites (N-methyl/N-ethyl adjacent to an activating group) is 1. The Balaban J connectivity index is 1.55. The number of aromatic nitrogens is 1. The predicted octanol–water partition coefficient (Wildman–Crippen LogP) is 4.56. The Hall–Kier alpha value is -2.51. The van der Waals surface area contributed by atoms with E-state index < -0.39 is 5.97 Å². The number of hydrogen-bond acceptors (Lipinski definition) is 6. The molecular weight excluding hydrogens is 392 g/mol. The van der Waals surface area contributed by atoms with Crippen molar-refractivity contribution >= 4 is 34.6 Å². The Kier molecular flexibility index (Phi) is 6.59. The number of esters is 1. The van der Waals surface area contributed by atoms with Crippen LogP contribution in [0.2, 0.25) is 0 Å². The van der Waals surface area contributed by atoms with Crippen LogP contribution in [0.25, 0.3) is 9.88 Å². The summed E-state index contributed by atoms with van der Waals surface area (Å²) in [5.74, 6) is -0.750. The van der Waals surface area contributed by atoms with Crippen molar-refractivity contribution in [2.45, 2.75) is 26.8 Å². The molecular formula is C21H22N2O3S2. The van der Waals surface area contributed by atoms with Gasteiger partial charge < -0.3 is 9.64 Å². The molecule has 0 aliphatic heterocycles. The minimum atomic E-state index is -0.508. The third kappa shape index (κ3) is 4.85. The zero-order valence-electron chi connectivity index (χ0n) is 16.1. The van der Waals surface area contributed by atoms with E-state index in [0.717, 1.165) is 21.9 Å². The van der Waals surface area contributed by atoms with Gasteiger partial charge in [-0.3, -0.25) is 4.79 Å². The first kappa shape index (κ1) is 20.2. The molecule has 0 fully saturated rings. The van der Waals surface area contributed by atoms with Gasteiger partial charge in [0, 0.05) is 13.6 Å². The zero-order valence-corrected chi connectivity index (χ0v) is 17.7. The van der Waals surface area contributed by atoms with E-state index in [1.807, 2.05) is 29.6 Å². The molecule has 28 heavy (non-hydrogen) atoms. The normalized spacial score (nSPS) is 10.7. The molecule has 0 saturated carbocycles. The molecule has 0 atom stereocenters. The number of hydrogen-bond donors (Lipinski definition) is 0. The topological polar surface area (TPSA) is 59.5 Å². The number of rotatable bonds is 7. The summed E-state index contributed by atoms with van der Waals surface area (Å²) in [6.45, 7) is 4.07. The van der Waals surface area contributed by atoms with Crippen LogP contribution in [0.1, 0.15) is 33.4 Å². The van der Waals surface area contributed by atoms with E-state index in [9.17, 15) is 9.59 Å². The van der Waals surface area contributed by atoms with Gasteiger partial charge in [0.15, 0.2) is 6.61 Å². The van der Waals surface area contributed by atoms with Gasteiger partial charge in [-0.05, 0) is 35.9 Å². The quantitative estimate of drug-likeness (QED) is 0.532. The highest BCUT2D eigenvalue weighted by atomic mass is 32.1. The highest BCUT2D eigenvalue weighted by Crippen LogP contribution is 2.31. The summed E-state index contributed by atoms with van der Waals surface area (Å²) in [6.07, 6.45) is 0.982. The van der Waals surface area contributed by atoms with Gasteiger partial charge in [0.05, 0.1) is 10.6 Å². The molecule has 0 aliphatic carbocycles. The largest absolute Gasteiger partial charge is 0.451 e. The first-order valence-electron chi connectivity index (χ1n) is 8.98. The molecule has 0 saturated heterocycles. The maximum absolute atomic E-state index is 12.4. The van der Waals surface area contributed by atoms with Gasteiger partial charge in [-0.1, -0.05) is 37.3 Å². The van der Waals surface area contributed by atoms with E-state index >= 15 is 0 Å². The summed E-state index contributed by atoms with van der Waals surface area (Å²) in [4.78, 5) is 32.2. The lowest BCUT2D eigenvalue weighted by Crippen LogP contribution is -2.30. The van der Waals surface area contributed by atoms with E-state index in [4.69, 9.17) is 4.74 Å². The van der Waals surface area contributed by atoms with Crippen LogP contribution in [0.5, 0.6) is 0 Å². The summed E-state index contributed by atoms with van der Waals surface area (Å²) in [6, 6.07) is 12.1. The van der Waals surface area contributed by atoms with Gasteiger partial charge >= 0.3 is 5.97 Å². The van der Waals surface area contributed by atoms with Crippen molar-refractivity contribution in [3.8, 4) is 9.88 Å². The van der Waals surface area contributed by atoms with Crippen molar-refractivity contribution in [3.63, 3.8) is 0 Å². The van der Waals surface area contributed by atoms with Gasteiger partial charge in [-0.2, -0.15) is 0 Å². The highest BCUT2D eigenvalue weighted by Gasteiger charge is 2.20. The fourth-order valence-corrected chi connectivity index (χ4v) is 4.39. The minimum Gasteiger partial charge on any atom is -0.451 e. The number of carbonyl (C=O) groups excluding carboxylic acids is 2. The number of amides is 1. The predicted molar refractivity (Wildman–Crippen MR) is 113 cm³/mol. The van der Waals surface area contributed by atoms with Crippen molar-refractivity contribution in [2.24, 2.45) is 0 Å². The van der Waals surface area contributed by atoms with Gasteiger partial charge in [-0.25, -0.2) is 9.78 Å². The molecule has 7 heteroatoms. The van der Waals surface area contributed by atoms with E-state index in [1.165, 1.54) is 16.9 Å². The highest BCUT2D eigenvalue weighted by molar-refractivity contribution is 7.22. The lowest BCUT2D eigenvalue weighted by atomic mass is 10.1. The van der Waals surface area contributed by atoms with Crippen LogP contribution in [0.4, 0.5) is 0 Å². The Morgan fingerprint density at radius 2 is 1.86 bits per heavy atom. The van der Waals surface area contributed by atoms with Crippen LogP contribution in [-0.2, 0) is 22.5 Å². The monoisotopic (exact) mass is 414 g/mol. The molecule has 2 heterocycles. The van der Waals surface area contributed by atoms with Crippen molar-refractivity contribution < 1.29 is 14.3 Å². The van der Waals surface area contributed by atoms with Gasteiger partial charge in [-0.15, -0.1) is 22.7 Å². The molecule has 0 unspecified atom stereocenters.